The predicted molar refractivity (Wildman–Crippen MR) is 106 cm³/mol. The van der Waals surface area contributed by atoms with Crippen LogP contribution in [-0.2, 0) is 4.79 Å². The van der Waals surface area contributed by atoms with Crippen LogP contribution in [0.5, 0.6) is 11.5 Å². The van der Waals surface area contributed by atoms with Gasteiger partial charge in [0.05, 0.1) is 18.1 Å². The number of carbonyl (C=O) groups is 1. The molecule has 0 aromatic heterocycles. The summed E-state index contributed by atoms with van der Waals surface area (Å²) in [6, 6.07) is 15.1. The van der Waals surface area contributed by atoms with Gasteiger partial charge in [-0.25, -0.2) is 4.99 Å². The zero-order valence-electron chi connectivity index (χ0n) is 14.7. The Balaban J connectivity index is 1.78. The largest absolute Gasteiger partial charge is 0.494 e. The van der Waals surface area contributed by atoms with Gasteiger partial charge in [0.25, 0.3) is 5.91 Å². The van der Waals surface area contributed by atoms with Crippen LogP contribution in [-0.4, -0.2) is 24.3 Å². The van der Waals surface area contributed by atoms with Crippen molar-refractivity contribution in [2.75, 3.05) is 13.2 Å². The van der Waals surface area contributed by atoms with Crippen molar-refractivity contribution in [2.24, 2.45) is 4.99 Å². The summed E-state index contributed by atoms with van der Waals surface area (Å²) in [6.45, 7) is 5.06. The fourth-order valence-corrected chi connectivity index (χ4v) is 3.23. The summed E-state index contributed by atoms with van der Waals surface area (Å²) in [7, 11) is 0. The lowest BCUT2D eigenvalue weighted by Crippen LogP contribution is -2.19. The Labute approximate surface area is 157 Å². The van der Waals surface area contributed by atoms with Gasteiger partial charge in [0, 0.05) is 0 Å². The van der Waals surface area contributed by atoms with E-state index < -0.39 is 0 Å². The van der Waals surface area contributed by atoms with Gasteiger partial charge >= 0.3 is 0 Å². The fourth-order valence-electron chi connectivity index (χ4n) is 2.40. The van der Waals surface area contributed by atoms with Crippen LogP contribution in [0.15, 0.2) is 58.4 Å². The molecule has 1 heterocycles. The number of rotatable bonds is 6. The van der Waals surface area contributed by atoms with E-state index in [1.165, 1.54) is 11.8 Å². The number of benzene rings is 2. The highest BCUT2D eigenvalue weighted by Gasteiger charge is 2.24. The molecule has 0 unspecified atom stereocenters. The second kappa shape index (κ2) is 8.58. The van der Waals surface area contributed by atoms with E-state index in [-0.39, 0.29) is 5.91 Å². The van der Waals surface area contributed by atoms with Crippen molar-refractivity contribution in [3.05, 3.63) is 59.0 Å². The molecule has 0 saturated carbocycles. The highest BCUT2D eigenvalue weighted by atomic mass is 32.2. The summed E-state index contributed by atoms with van der Waals surface area (Å²) in [4.78, 5) is 17.3. The standard InChI is InChI=1S/C20H20N2O3S/c1-3-24-15-11-9-14(10-12-15)13-18-19(23)22-20(26-18)21-16-7-5-6-8-17(16)25-4-2/h5-13H,3-4H2,1-2H3,(H,21,22,23). The Morgan fingerprint density at radius 3 is 2.50 bits per heavy atom. The Morgan fingerprint density at radius 2 is 1.77 bits per heavy atom. The van der Waals surface area contributed by atoms with Crippen molar-refractivity contribution >= 4 is 34.6 Å². The van der Waals surface area contributed by atoms with Gasteiger partial charge in [0.2, 0.25) is 0 Å². The third-order valence-electron chi connectivity index (χ3n) is 3.53. The van der Waals surface area contributed by atoms with E-state index in [2.05, 4.69) is 10.3 Å². The molecule has 2 aromatic carbocycles. The van der Waals surface area contributed by atoms with Crippen molar-refractivity contribution < 1.29 is 14.3 Å². The number of thioether (sulfide) groups is 1. The number of nitrogens with zero attached hydrogens (tertiary/aromatic N) is 1. The van der Waals surface area contributed by atoms with E-state index in [4.69, 9.17) is 9.47 Å². The highest BCUT2D eigenvalue weighted by molar-refractivity contribution is 8.18. The summed E-state index contributed by atoms with van der Waals surface area (Å²) in [5.41, 5.74) is 1.63. The molecule has 1 fully saturated rings. The first-order chi connectivity index (χ1) is 12.7. The zero-order chi connectivity index (χ0) is 18.4. The van der Waals surface area contributed by atoms with Gasteiger partial charge in [0.1, 0.15) is 17.2 Å². The maximum absolute atomic E-state index is 12.2. The van der Waals surface area contributed by atoms with Crippen LogP contribution in [0.2, 0.25) is 0 Å². The molecule has 134 valence electrons. The van der Waals surface area contributed by atoms with Crippen molar-refractivity contribution in [3.63, 3.8) is 0 Å². The number of hydrogen-bond acceptors (Lipinski definition) is 5. The summed E-state index contributed by atoms with van der Waals surface area (Å²) in [5, 5.41) is 3.34. The lowest BCUT2D eigenvalue weighted by atomic mass is 10.2. The molecule has 6 heteroatoms. The van der Waals surface area contributed by atoms with Crippen molar-refractivity contribution in [1.29, 1.82) is 0 Å². The molecular weight excluding hydrogens is 348 g/mol. The van der Waals surface area contributed by atoms with Crippen molar-refractivity contribution in [3.8, 4) is 11.5 Å². The Morgan fingerprint density at radius 1 is 1.04 bits per heavy atom. The molecule has 1 N–H and O–H groups in total. The fraction of sp³-hybridized carbons (Fsp3) is 0.200. The van der Waals surface area contributed by atoms with Crippen LogP contribution in [0.3, 0.4) is 0 Å². The van der Waals surface area contributed by atoms with E-state index in [9.17, 15) is 4.79 Å². The average Bonchev–Trinajstić information content (AvgIpc) is 2.98. The van der Waals surface area contributed by atoms with E-state index in [0.29, 0.717) is 34.7 Å². The van der Waals surface area contributed by atoms with Gasteiger partial charge in [-0.2, -0.15) is 0 Å². The molecule has 0 atom stereocenters. The second-order valence-electron chi connectivity index (χ2n) is 5.38. The molecule has 1 aliphatic heterocycles. The van der Waals surface area contributed by atoms with Crippen LogP contribution in [0.4, 0.5) is 5.69 Å². The van der Waals surface area contributed by atoms with Crippen molar-refractivity contribution in [2.45, 2.75) is 13.8 Å². The monoisotopic (exact) mass is 368 g/mol. The maximum atomic E-state index is 12.2. The first-order valence-electron chi connectivity index (χ1n) is 8.44. The Hall–Kier alpha value is -2.73. The van der Waals surface area contributed by atoms with Gasteiger partial charge in [-0.15, -0.1) is 0 Å². The molecule has 1 aliphatic rings. The van der Waals surface area contributed by atoms with E-state index in [1.54, 1.807) is 0 Å². The second-order valence-corrected chi connectivity index (χ2v) is 6.42. The molecule has 0 radical (unpaired) electrons. The van der Waals surface area contributed by atoms with Gasteiger partial charge < -0.3 is 14.8 Å². The summed E-state index contributed by atoms with van der Waals surface area (Å²) < 4.78 is 11.0. The molecule has 5 nitrogen and oxygen atoms in total. The third-order valence-corrected chi connectivity index (χ3v) is 4.44. The van der Waals surface area contributed by atoms with Crippen LogP contribution >= 0.6 is 11.8 Å². The SMILES string of the molecule is CCOc1ccc(C=C2SC(=Nc3ccccc3OCC)NC2=O)cc1. The normalized spacial score (nSPS) is 16.8. The Bertz CT molecular complexity index is 844. The molecule has 1 amide bonds. The van der Waals surface area contributed by atoms with Crippen molar-refractivity contribution in [1.82, 2.24) is 5.32 Å². The smallest absolute Gasteiger partial charge is 0.264 e. The highest BCUT2D eigenvalue weighted by Crippen LogP contribution is 2.32. The molecule has 26 heavy (non-hydrogen) atoms. The molecule has 3 rings (SSSR count). The first-order valence-corrected chi connectivity index (χ1v) is 9.25. The third kappa shape index (κ3) is 4.46. The van der Waals surface area contributed by atoms with Crippen LogP contribution < -0.4 is 14.8 Å². The summed E-state index contributed by atoms with van der Waals surface area (Å²) in [6.07, 6.45) is 1.84. The van der Waals surface area contributed by atoms with Crippen LogP contribution in [0, 0.1) is 0 Å². The van der Waals surface area contributed by atoms with Gasteiger partial charge in [0.15, 0.2) is 5.17 Å². The first kappa shape index (κ1) is 18.1. The van der Waals surface area contributed by atoms with Gasteiger partial charge in [-0.05, 0) is 61.5 Å². The number of amidine groups is 1. The predicted octanol–water partition coefficient (Wildman–Crippen LogP) is 4.38. The molecule has 1 saturated heterocycles. The summed E-state index contributed by atoms with van der Waals surface area (Å²) >= 11 is 1.31. The molecular formula is C20H20N2O3S. The number of ether oxygens (including phenoxy) is 2. The molecule has 2 aromatic rings. The van der Waals surface area contributed by atoms with E-state index in [1.807, 2.05) is 68.5 Å². The molecule has 0 aliphatic carbocycles. The van der Waals surface area contributed by atoms with Crippen LogP contribution in [0.1, 0.15) is 19.4 Å². The number of amides is 1. The van der Waals surface area contributed by atoms with E-state index >= 15 is 0 Å². The Kier molecular flexibility index (Phi) is 5.96. The quantitative estimate of drug-likeness (QED) is 0.769. The maximum Gasteiger partial charge on any atom is 0.264 e. The lowest BCUT2D eigenvalue weighted by Gasteiger charge is -2.06. The number of para-hydroxylation sites is 2. The topological polar surface area (TPSA) is 59.9 Å². The minimum Gasteiger partial charge on any atom is -0.494 e. The number of aliphatic imine (C=N–C) groups is 1. The minimum absolute atomic E-state index is 0.156. The summed E-state index contributed by atoms with van der Waals surface area (Å²) in [5.74, 6) is 1.35. The van der Waals surface area contributed by atoms with E-state index in [0.717, 1.165) is 11.3 Å². The number of hydrogen-bond donors (Lipinski definition) is 1. The zero-order valence-corrected chi connectivity index (χ0v) is 15.5. The average molecular weight is 368 g/mol. The number of nitrogens with one attached hydrogen (secondary N) is 1. The van der Waals surface area contributed by atoms with Gasteiger partial charge in [-0.3, -0.25) is 4.79 Å². The number of carbonyl (C=O) groups excluding carboxylic acids is 1. The van der Waals surface area contributed by atoms with Gasteiger partial charge in [-0.1, -0.05) is 24.3 Å². The molecule has 0 bridgehead atoms. The molecule has 0 spiro atoms. The minimum atomic E-state index is -0.156. The van der Waals surface area contributed by atoms with Crippen LogP contribution in [0.25, 0.3) is 6.08 Å². The lowest BCUT2D eigenvalue weighted by molar-refractivity contribution is -0.115.